The number of nitrogens with one attached hydrogen (secondary N) is 1. The van der Waals surface area contributed by atoms with E-state index in [-0.39, 0.29) is 12.0 Å². The van der Waals surface area contributed by atoms with Gasteiger partial charge in [-0.05, 0) is 19.1 Å². The van der Waals surface area contributed by atoms with Crippen molar-refractivity contribution in [2.24, 2.45) is 5.41 Å². The number of hydrazine groups is 1. The predicted octanol–water partition coefficient (Wildman–Crippen LogP) is 1.32. The Hall–Kier alpha value is -1.06. The Morgan fingerprint density at radius 1 is 1.40 bits per heavy atom. The normalized spacial score (nSPS) is 25.9. The molecule has 3 heteroatoms. The maximum Gasteiger partial charge on any atom is 0.0520 e. The first kappa shape index (κ1) is 10.5. The van der Waals surface area contributed by atoms with Crippen LogP contribution in [0.15, 0.2) is 24.3 Å². The molecule has 0 saturated carbocycles. The van der Waals surface area contributed by atoms with Gasteiger partial charge < -0.3 is 10.1 Å². The molecule has 1 aliphatic heterocycles. The Kier molecular flexibility index (Phi) is 2.67. The van der Waals surface area contributed by atoms with E-state index < -0.39 is 0 Å². The Bertz CT molecular complexity index is 336. The van der Waals surface area contributed by atoms with Gasteiger partial charge in [0.1, 0.15) is 0 Å². The molecule has 2 N–H and O–H groups in total. The van der Waals surface area contributed by atoms with E-state index in [2.05, 4.69) is 48.5 Å². The highest BCUT2D eigenvalue weighted by atomic mass is 16.3. The van der Waals surface area contributed by atoms with Crippen LogP contribution in [0.4, 0.5) is 5.69 Å². The fraction of sp³-hybridized carbons (Fsp3) is 0.500. The molecular formula is C12H18N2O. The minimum atomic E-state index is -0.0229. The molecule has 1 fully saturated rings. The van der Waals surface area contributed by atoms with Crippen LogP contribution in [0.1, 0.15) is 12.5 Å². The second kappa shape index (κ2) is 3.83. The molecule has 1 aromatic carbocycles. The summed E-state index contributed by atoms with van der Waals surface area (Å²) in [5.41, 5.74) is 5.72. The highest BCUT2D eigenvalue weighted by Crippen LogP contribution is 2.25. The van der Waals surface area contributed by atoms with Crippen LogP contribution in [0.3, 0.4) is 0 Å². The summed E-state index contributed by atoms with van der Waals surface area (Å²) in [6, 6.07) is 8.41. The van der Waals surface area contributed by atoms with Crippen molar-refractivity contribution in [1.29, 1.82) is 0 Å². The average molecular weight is 206 g/mol. The molecule has 0 bridgehead atoms. The number of aliphatic hydroxyl groups is 1. The fourth-order valence-corrected chi connectivity index (χ4v) is 1.79. The van der Waals surface area contributed by atoms with Gasteiger partial charge in [-0.1, -0.05) is 24.6 Å². The van der Waals surface area contributed by atoms with Crippen molar-refractivity contribution in [3.63, 3.8) is 0 Å². The van der Waals surface area contributed by atoms with Gasteiger partial charge >= 0.3 is 0 Å². The van der Waals surface area contributed by atoms with Crippen molar-refractivity contribution in [1.82, 2.24) is 5.43 Å². The summed E-state index contributed by atoms with van der Waals surface area (Å²) in [5, 5.41) is 11.4. The van der Waals surface area contributed by atoms with E-state index in [1.54, 1.807) is 0 Å². The van der Waals surface area contributed by atoms with E-state index in [1.807, 2.05) is 0 Å². The molecule has 1 aliphatic rings. The zero-order chi connectivity index (χ0) is 10.9. The number of hydrogen-bond acceptors (Lipinski definition) is 3. The number of hydrogen-bond donors (Lipinski definition) is 2. The molecule has 2 rings (SSSR count). The van der Waals surface area contributed by atoms with E-state index in [9.17, 15) is 5.11 Å². The smallest absolute Gasteiger partial charge is 0.0520 e. The van der Waals surface area contributed by atoms with Crippen molar-refractivity contribution in [2.45, 2.75) is 13.8 Å². The summed E-state index contributed by atoms with van der Waals surface area (Å²) in [6.45, 7) is 6.08. The van der Waals surface area contributed by atoms with E-state index in [0.717, 1.165) is 18.8 Å². The summed E-state index contributed by atoms with van der Waals surface area (Å²) in [5.74, 6) is 0. The Morgan fingerprint density at radius 2 is 2.07 bits per heavy atom. The monoisotopic (exact) mass is 206 g/mol. The molecule has 0 amide bonds. The lowest BCUT2D eigenvalue weighted by molar-refractivity contribution is 0.171. The molecule has 82 valence electrons. The Morgan fingerprint density at radius 3 is 2.60 bits per heavy atom. The van der Waals surface area contributed by atoms with Crippen LogP contribution in [0, 0.1) is 12.3 Å². The average Bonchev–Trinajstić information content (AvgIpc) is 2.63. The predicted molar refractivity (Wildman–Crippen MR) is 61.7 cm³/mol. The number of benzene rings is 1. The van der Waals surface area contributed by atoms with E-state index in [1.165, 1.54) is 5.56 Å². The standard InChI is InChI=1S/C12H18N2O/c1-10-3-5-11(6-4-10)14-8-12(2,9-15)7-13-14/h3-6,13,15H,7-9H2,1-2H3. The summed E-state index contributed by atoms with van der Waals surface area (Å²) in [6.07, 6.45) is 0. The van der Waals surface area contributed by atoms with Crippen LogP contribution < -0.4 is 10.4 Å². The molecule has 0 aliphatic carbocycles. The summed E-state index contributed by atoms with van der Waals surface area (Å²) in [4.78, 5) is 0. The topological polar surface area (TPSA) is 35.5 Å². The quantitative estimate of drug-likeness (QED) is 0.766. The van der Waals surface area contributed by atoms with Crippen molar-refractivity contribution < 1.29 is 5.11 Å². The molecule has 1 saturated heterocycles. The number of aryl methyl sites for hydroxylation is 1. The Labute approximate surface area is 90.7 Å². The number of aliphatic hydroxyl groups excluding tert-OH is 1. The number of anilines is 1. The lowest BCUT2D eigenvalue weighted by Crippen LogP contribution is -2.30. The molecule has 0 aromatic heterocycles. The molecule has 0 radical (unpaired) electrons. The molecule has 1 atom stereocenters. The number of nitrogens with zero attached hydrogens (tertiary/aromatic N) is 1. The van der Waals surface area contributed by atoms with Gasteiger partial charge in [-0.3, -0.25) is 0 Å². The Balaban J connectivity index is 2.11. The van der Waals surface area contributed by atoms with E-state index >= 15 is 0 Å². The zero-order valence-corrected chi connectivity index (χ0v) is 9.33. The van der Waals surface area contributed by atoms with Gasteiger partial charge in [0.25, 0.3) is 0 Å². The van der Waals surface area contributed by atoms with Gasteiger partial charge in [-0.2, -0.15) is 0 Å². The molecule has 1 aromatic rings. The first-order valence-corrected chi connectivity index (χ1v) is 5.32. The molecule has 1 unspecified atom stereocenters. The minimum absolute atomic E-state index is 0.0229. The van der Waals surface area contributed by atoms with Crippen LogP contribution in [0.25, 0.3) is 0 Å². The van der Waals surface area contributed by atoms with Crippen LogP contribution in [-0.4, -0.2) is 24.8 Å². The van der Waals surface area contributed by atoms with Gasteiger partial charge in [-0.15, -0.1) is 0 Å². The van der Waals surface area contributed by atoms with Gasteiger partial charge in [0.05, 0.1) is 12.3 Å². The molecule has 3 nitrogen and oxygen atoms in total. The summed E-state index contributed by atoms with van der Waals surface area (Å²) >= 11 is 0. The first-order chi connectivity index (χ1) is 7.13. The zero-order valence-electron chi connectivity index (χ0n) is 9.33. The first-order valence-electron chi connectivity index (χ1n) is 5.32. The van der Waals surface area contributed by atoms with Crippen LogP contribution in [0.5, 0.6) is 0 Å². The van der Waals surface area contributed by atoms with Crippen molar-refractivity contribution in [3.8, 4) is 0 Å². The lowest BCUT2D eigenvalue weighted by atomic mass is 9.93. The molecule has 0 spiro atoms. The van der Waals surface area contributed by atoms with Crippen LogP contribution in [0.2, 0.25) is 0 Å². The SMILES string of the molecule is Cc1ccc(N2CC(C)(CO)CN2)cc1. The van der Waals surface area contributed by atoms with Crippen LogP contribution in [-0.2, 0) is 0 Å². The third kappa shape index (κ3) is 2.13. The largest absolute Gasteiger partial charge is 0.396 e. The minimum Gasteiger partial charge on any atom is -0.396 e. The van der Waals surface area contributed by atoms with Crippen LogP contribution >= 0.6 is 0 Å². The van der Waals surface area contributed by atoms with Gasteiger partial charge in [0, 0.05) is 18.5 Å². The second-order valence-corrected chi connectivity index (χ2v) is 4.73. The lowest BCUT2D eigenvalue weighted by Gasteiger charge is -2.21. The van der Waals surface area contributed by atoms with E-state index in [0.29, 0.717) is 0 Å². The number of rotatable bonds is 2. The van der Waals surface area contributed by atoms with Crippen molar-refractivity contribution in [2.75, 3.05) is 24.7 Å². The highest BCUT2D eigenvalue weighted by molar-refractivity contribution is 5.47. The van der Waals surface area contributed by atoms with Gasteiger partial charge in [0.15, 0.2) is 0 Å². The molecule has 1 heterocycles. The summed E-state index contributed by atoms with van der Waals surface area (Å²) < 4.78 is 0. The second-order valence-electron chi connectivity index (χ2n) is 4.73. The maximum atomic E-state index is 9.27. The maximum absolute atomic E-state index is 9.27. The van der Waals surface area contributed by atoms with Crippen molar-refractivity contribution in [3.05, 3.63) is 29.8 Å². The van der Waals surface area contributed by atoms with Gasteiger partial charge in [-0.25, -0.2) is 5.43 Å². The third-order valence-corrected chi connectivity index (χ3v) is 2.96. The molecular weight excluding hydrogens is 188 g/mol. The summed E-state index contributed by atoms with van der Waals surface area (Å²) in [7, 11) is 0. The van der Waals surface area contributed by atoms with E-state index in [4.69, 9.17) is 0 Å². The molecule has 15 heavy (non-hydrogen) atoms. The van der Waals surface area contributed by atoms with Crippen molar-refractivity contribution >= 4 is 5.69 Å². The van der Waals surface area contributed by atoms with Gasteiger partial charge in [0.2, 0.25) is 0 Å². The third-order valence-electron chi connectivity index (χ3n) is 2.96. The fourth-order valence-electron chi connectivity index (χ4n) is 1.79. The highest BCUT2D eigenvalue weighted by Gasteiger charge is 2.33.